The van der Waals surface area contributed by atoms with Crippen molar-refractivity contribution in [1.29, 1.82) is 0 Å². The smallest absolute Gasteiger partial charge is 0.261 e. The molecule has 192 valence electrons. The summed E-state index contributed by atoms with van der Waals surface area (Å²) < 4.78 is 1.70. The van der Waals surface area contributed by atoms with E-state index in [-0.39, 0.29) is 11.6 Å². The molecule has 38 heavy (non-hydrogen) atoms. The van der Waals surface area contributed by atoms with Gasteiger partial charge >= 0.3 is 0 Å². The van der Waals surface area contributed by atoms with Gasteiger partial charge in [0.15, 0.2) is 0 Å². The average molecular weight is 524 g/mol. The van der Waals surface area contributed by atoms with Crippen molar-refractivity contribution >= 4 is 40.0 Å². The topological polar surface area (TPSA) is 97.6 Å². The number of rotatable bonds is 6. The Morgan fingerprint density at radius 3 is 2.58 bits per heavy atom. The third kappa shape index (κ3) is 4.87. The maximum Gasteiger partial charge on any atom is 0.261 e. The fourth-order valence-corrected chi connectivity index (χ4v) is 5.93. The van der Waals surface area contributed by atoms with Crippen LogP contribution in [0.2, 0.25) is 0 Å². The second kappa shape index (κ2) is 10.5. The van der Waals surface area contributed by atoms with Gasteiger partial charge in [0.05, 0.1) is 29.3 Å². The second-order valence-corrected chi connectivity index (χ2v) is 11.0. The lowest BCUT2D eigenvalue weighted by molar-refractivity contribution is 0.596. The Morgan fingerprint density at radius 1 is 1.08 bits per heavy atom. The molecule has 1 aliphatic heterocycles. The number of nitrogens with one attached hydrogen (secondary N) is 2. The van der Waals surface area contributed by atoms with Crippen LogP contribution in [-0.2, 0) is 0 Å². The minimum absolute atomic E-state index is 0.102. The molecule has 0 amide bonds. The van der Waals surface area contributed by atoms with Crippen LogP contribution in [0.4, 0.5) is 11.6 Å². The van der Waals surface area contributed by atoms with Gasteiger partial charge in [-0.3, -0.25) is 19.3 Å². The SMILES string of the molecule is CC(C)n1c(=O)c(-c2cnc(C3=CCC=C3)cn2)cc2cnc(Nc3ccc(C4CNCCS4)cc3)nc21. The number of allylic oxidation sites excluding steroid dienone is 4. The predicted molar refractivity (Wildman–Crippen MR) is 155 cm³/mol. The zero-order chi connectivity index (χ0) is 26.1. The third-order valence-corrected chi connectivity index (χ3v) is 8.03. The van der Waals surface area contributed by atoms with Gasteiger partial charge in [-0.15, -0.1) is 0 Å². The van der Waals surface area contributed by atoms with E-state index in [9.17, 15) is 4.79 Å². The Hall–Kier alpha value is -3.82. The van der Waals surface area contributed by atoms with Crippen molar-refractivity contribution in [3.05, 3.63) is 88.8 Å². The van der Waals surface area contributed by atoms with Crippen LogP contribution in [0.5, 0.6) is 0 Å². The molecule has 1 atom stereocenters. The van der Waals surface area contributed by atoms with E-state index in [1.54, 1.807) is 23.2 Å². The molecular weight excluding hydrogens is 494 g/mol. The number of anilines is 2. The highest BCUT2D eigenvalue weighted by Gasteiger charge is 2.18. The van der Waals surface area contributed by atoms with Gasteiger partial charge in [0.25, 0.3) is 5.56 Å². The first-order valence-corrected chi connectivity index (χ1v) is 13.9. The molecule has 8 nitrogen and oxygen atoms in total. The Labute approximate surface area is 225 Å². The van der Waals surface area contributed by atoms with E-state index in [4.69, 9.17) is 4.98 Å². The van der Waals surface area contributed by atoms with E-state index in [1.165, 1.54) is 5.56 Å². The lowest BCUT2D eigenvalue weighted by atomic mass is 10.1. The highest BCUT2D eigenvalue weighted by atomic mass is 32.2. The average Bonchev–Trinajstić information content (AvgIpc) is 3.49. The molecule has 6 rings (SSSR count). The van der Waals surface area contributed by atoms with Gasteiger partial charge in [0, 0.05) is 47.4 Å². The van der Waals surface area contributed by atoms with Crippen LogP contribution in [0.15, 0.2) is 71.9 Å². The molecule has 4 heterocycles. The summed E-state index contributed by atoms with van der Waals surface area (Å²) in [4.78, 5) is 32.0. The monoisotopic (exact) mass is 523 g/mol. The molecule has 1 fully saturated rings. The van der Waals surface area contributed by atoms with Crippen molar-refractivity contribution in [2.45, 2.75) is 31.6 Å². The Kier molecular flexibility index (Phi) is 6.78. The minimum atomic E-state index is -0.151. The Bertz CT molecular complexity index is 1580. The van der Waals surface area contributed by atoms with Gasteiger partial charge in [-0.1, -0.05) is 30.4 Å². The van der Waals surface area contributed by atoms with Gasteiger partial charge in [0.2, 0.25) is 5.95 Å². The summed E-state index contributed by atoms with van der Waals surface area (Å²) in [5, 5.41) is 7.99. The summed E-state index contributed by atoms with van der Waals surface area (Å²) in [6, 6.07) is 10.1. The van der Waals surface area contributed by atoms with E-state index in [2.05, 4.69) is 62.0 Å². The molecule has 0 spiro atoms. The number of nitrogens with zero attached hydrogens (tertiary/aromatic N) is 5. The van der Waals surface area contributed by atoms with Gasteiger partial charge in [-0.2, -0.15) is 16.7 Å². The van der Waals surface area contributed by atoms with Gasteiger partial charge in [-0.05, 0) is 49.6 Å². The molecule has 2 N–H and O–H groups in total. The zero-order valence-electron chi connectivity index (χ0n) is 21.4. The predicted octanol–water partition coefficient (Wildman–Crippen LogP) is 5.29. The van der Waals surface area contributed by atoms with Gasteiger partial charge < -0.3 is 10.6 Å². The third-order valence-electron chi connectivity index (χ3n) is 6.75. The molecular formula is C29H29N7OS. The molecule has 1 aromatic carbocycles. The Morgan fingerprint density at radius 2 is 1.89 bits per heavy atom. The van der Waals surface area contributed by atoms with Crippen LogP contribution in [-0.4, -0.2) is 43.3 Å². The van der Waals surface area contributed by atoms with Crippen LogP contribution in [0.3, 0.4) is 0 Å². The van der Waals surface area contributed by atoms with Crippen LogP contribution in [0.25, 0.3) is 27.9 Å². The quantitative estimate of drug-likeness (QED) is 0.352. The van der Waals surface area contributed by atoms with Crippen LogP contribution >= 0.6 is 11.8 Å². The summed E-state index contributed by atoms with van der Waals surface area (Å²) in [5.41, 5.74) is 5.51. The first-order valence-electron chi connectivity index (χ1n) is 12.9. The van der Waals surface area contributed by atoms with Crippen molar-refractivity contribution in [2.75, 3.05) is 24.2 Å². The van der Waals surface area contributed by atoms with Crippen LogP contribution in [0.1, 0.15) is 42.8 Å². The molecule has 0 saturated carbocycles. The van der Waals surface area contributed by atoms with Crippen molar-refractivity contribution in [2.24, 2.45) is 0 Å². The lowest BCUT2D eigenvalue weighted by Crippen LogP contribution is -2.28. The highest BCUT2D eigenvalue weighted by molar-refractivity contribution is 7.99. The summed E-state index contributed by atoms with van der Waals surface area (Å²) in [6.07, 6.45) is 12.3. The molecule has 0 bridgehead atoms. The fourth-order valence-electron chi connectivity index (χ4n) is 4.80. The maximum atomic E-state index is 13.6. The molecule has 1 unspecified atom stereocenters. The molecule has 1 saturated heterocycles. The molecule has 9 heteroatoms. The van der Waals surface area contributed by atoms with E-state index in [0.29, 0.717) is 28.1 Å². The molecule has 0 radical (unpaired) electrons. The normalized spacial score (nSPS) is 17.2. The molecule has 1 aliphatic carbocycles. The summed E-state index contributed by atoms with van der Waals surface area (Å²) in [6.45, 7) is 6.01. The van der Waals surface area contributed by atoms with Crippen molar-refractivity contribution < 1.29 is 0 Å². The number of benzene rings is 1. The number of hydrogen-bond donors (Lipinski definition) is 2. The maximum absolute atomic E-state index is 13.6. The Balaban J connectivity index is 1.30. The lowest BCUT2D eigenvalue weighted by Gasteiger charge is -2.22. The number of hydrogen-bond acceptors (Lipinski definition) is 8. The number of aromatic nitrogens is 5. The van der Waals surface area contributed by atoms with E-state index in [0.717, 1.165) is 47.6 Å². The van der Waals surface area contributed by atoms with Crippen LogP contribution < -0.4 is 16.2 Å². The summed E-state index contributed by atoms with van der Waals surface area (Å²) in [7, 11) is 0. The zero-order valence-corrected chi connectivity index (χ0v) is 22.2. The van der Waals surface area contributed by atoms with Crippen molar-refractivity contribution in [3.8, 4) is 11.3 Å². The van der Waals surface area contributed by atoms with Crippen molar-refractivity contribution in [3.63, 3.8) is 0 Å². The van der Waals surface area contributed by atoms with Crippen molar-refractivity contribution in [1.82, 2.24) is 29.8 Å². The first kappa shape index (κ1) is 24.5. The highest BCUT2D eigenvalue weighted by Crippen LogP contribution is 2.31. The first-order chi connectivity index (χ1) is 18.6. The minimum Gasteiger partial charge on any atom is -0.324 e. The largest absolute Gasteiger partial charge is 0.324 e. The summed E-state index contributed by atoms with van der Waals surface area (Å²) >= 11 is 1.99. The number of pyridine rings is 1. The molecule has 2 aliphatic rings. The number of fused-ring (bicyclic) bond motifs is 1. The van der Waals surface area contributed by atoms with E-state index >= 15 is 0 Å². The van der Waals surface area contributed by atoms with Gasteiger partial charge in [0.1, 0.15) is 5.65 Å². The van der Waals surface area contributed by atoms with Gasteiger partial charge in [-0.25, -0.2) is 4.98 Å². The van der Waals surface area contributed by atoms with E-state index < -0.39 is 0 Å². The number of thioether (sulfide) groups is 1. The fraction of sp³-hybridized carbons (Fsp3) is 0.276. The summed E-state index contributed by atoms with van der Waals surface area (Å²) in [5.74, 6) is 1.57. The molecule has 4 aromatic rings. The van der Waals surface area contributed by atoms with Crippen LogP contribution in [0, 0.1) is 0 Å². The standard InChI is InChI=1S/C29H29N7OS/c1-18(2)36-27-21(13-23(28(36)37)25-16-31-24(15-32-25)19-5-3-4-6-19)14-33-29(35-27)34-22-9-7-20(8-10-22)26-17-30-11-12-38-26/h3,5-10,13-16,18,26,30H,4,11-12,17H2,1-2H3,(H,33,34,35). The second-order valence-electron chi connectivity index (χ2n) is 9.69. The molecule has 3 aromatic heterocycles. The van der Waals surface area contributed by atoms with E-state index in [1.807, 2.05) is 37.8 Å².